The first kappa shape index (κ1) is 11.8. The molecule has 0 saturated carbocycles. The Morgan fingerprint density at radius 2 is 1.89 bits per heavy atom. The van der Waals surface area contributed by atoms with Gasteiger partial charge in [-0.15, -0.1) is 0 Å². The van der Waals surface area contributed by atoms with Crippen LogP contribution >= 0.6 is 11.3 Å². The fraction of sp³-hybridized carbons (Fsp3) is 0.0714. The fourth-order valence-electron chi connectivity index (χ4n) is 1.73. The molecule has 0 atom stereocenters. The summed E-state index contributed by atoms with van der Waals surface area (Å²) in [6.45, 7) is 0. The van der Waals surface area contributed by atoms with E-state index < -0.39 is 0 Å². The van der Waals surface area contributed by atoms with E-state index in [1.54, 1.807) is 18.4 Å². The van der Waals surface area contributed by atoms with Gasteiger partial charge in [-0.25, -0.2) is 4.98 Å². The minimum atomic E-state index is 0.826. The van der Waals surface area contributed by atoms with Gasteiger partial charge in [-0.1, -0.05) is 29.5 Å². The second kappa shape index (κ2) is 5.16. The van der Waals surface area contributed by atoms with Gasteiger partial charge in [0.2, 0.25) is 5.13 Å². The summed E-state index contributed by atoms with van der Waals surface area (Å²) in [4.78, 5) is 4.49. The van der Waals surface area contributed by atoms with Gasteiger partial charge in [0.1, 0.15) is 5.75 Å². The standard InChI is InChI=1S/C14H13N3OS/c1-18-11-7-8-12-13(9-11)19-14(15-12)17-16-10-5-3-2-4-6-10/h2-9,16H,1H3,(H,15,17). The van der Waals surface area contributed by atoms with Gasteiger partial charge in [0.05, 0.1) is 23.0 Å². The average molecular weight is 271 g/mol. The Kier molecular flexibility index (Phi) is 3.20. The highest BCUT2D eigenvalue weighted by atomic mass is 32.1. The summed E-state index contributed by atoms with van der Waals surface area (Å²) in [6.07, 6.45) is 0. The normalized spacial score (nSPS) is 10.4. The molecule has 5 heteroatoms. The molecule has 3 rings (SSSR count). The average Bonchev–Trinajstić information content (AvgIpc) is 2.88. The third-order valence-electron chi connectivity index (χ3n) is 2.68. The number of benzene rings is 2. The molecule has 1 aromatic heterocycles. The molecule has 0 aliphatic carbocycles. The van der Waals surface area contributed by atoms with E-state index in [-0.39, 0.29) is 0 Å². The molecule has 2 N–H and O–H groups in total. The Labute approximate surface area is 115 Å². The van der Waals surface area contributed by atoms with Gasteiger partial charge in [0.25, 0.3) is 0 Å². The maximum Gasteiger partial charge on any atom is 0.202 e. The number of thiazole rings is 1. The van der Waals surface area contributed by atoms with Crippen LogP contribution in [0.2, 0.25) is 0 Å². The highest BCUT2D eigenvalue weighted by molar-refractivity contribution is 7.22. The number of hydrazine groups is 1. The summed E-state index contributed by atoms with van der Waals surface area (Å²) in [5, 5.41) is 0.826. The summed E-state index contributed by atoms with van der Waals surface area (Å²) in [5.74, 6) is 0.846. The van der Waals surface area contributed by atoms with E-state index in [4.69, 9.17) is 4.74 Å². The monoisotopic (exact) mass is 271 g/mol. The molecule has 2 aromatic carbocycles. The lowest BCUT2D eigenvalue weighted by atomic mass is 10.3. The maximum atomic E-state index is 5.20. The van der Waals surface area contributed by atoms with Crippen molar-refractivity contribution < 1.29 is 4.74 Å². The number of methoxy groups -OCH3 is 1. The molecule has 1 heterocycles. The Balaban J connectivity index is 1.78. The summed E-state index contributed by atoms with van der Waals surface area (Å²) in [7, 11) is 1.67. The van der Waals surface area contributed by atoms with E-state index in [1.807, 2.05) is 48.5 Å². The van der Waals surface area contributed by atoms with Crippen LogP contribution in [0.15, 0.2) is 48.5 Å². The van der Waals surface area contributed by atoms with Crippen molar-refractivity contribution in [3.8, 4) is 5.75 Å². The molecule has 0 aliphatic heterocycles. The minimum Gasteiger partial charge on any atom is -0.497 e. The topological polar surface area (TPSA) is 46.2 Å². The molecule has 0 spiro atoms. The lowest BCUT2D eigenvalue weighted by molar-refractivity contribution is 0.415. The van der Waals surface area contributed by atoms with E-state index in [2.05, 4.69) is 15.8 Å². The number of hydrogen-bond donors (Lipinski definition) is 2. The maximum absolute atomic E-state index is 5.20. The van der Waals surface area contributed by atoms with Crippen molar-refractivity contribution in [3.05, 3.63) is 48.5 Å². The number of anilines is 2. The molecule has 0 aliphatic rings. The number of fused-ring (bicyclic) bond motifs is 1. The summed E-state index contributed by atoms with van der Waals surface area (Å²) < 4.78 is 6.30. The highest BCUT2D eigenvalue weighted by Gasteiger charge is 2.04. The number of hydrogen-bond acceptors (Lipinski definition) is 5. The van der Waals surface area contributed by atoms with Crippen LogP contribution < -0.4 is 15.6 Å². The Bertz CT molecular complexity index is 681. The van der Waals surface area contributed by atoms with Crippen molar-refractivity contribution in [2.75, 3.05) is 18.0 Å². The Morgan fingerprint density at radius 1 is 1.05 bits per heavy atom. The minimum absolute atomic E-state index is 0.826. The molecule has 0 saturated heterocycles. The third-order valence-corrected chi connectivity index (χ3v) is 3.62. The van der Waals surface area contributed by atoms with Gasteiger partial charge in [-0.05, 0) is 30.3 Å². The molecule has 0 unspecified atom stereocenters. The van der Waals surface area contributed by atoms with Gasteiger partial charge >= 0.3 is 0 Å². The molecule has 0 amide bonds. The summed E-state index contributed by atoms with van der Waals surface area (Å²) in [5.41, 5.74) is 8.18. The van der Waals surface area contributed by atoms with Crippen molar-refractivity contribution in [2.24, 2.45) is 0 Å². The van der Waals surface area contributed by atoms with E-state index in [0.29, 0.717) is 0 Å². The second-order valence-corrected chi connectivity index (χ2v) is 5.00. The van der Waals surface area contributed by atoms with Gasteiger partial charge < -0.3 is 4.74 Å². The first-order valence-corrected chi connectivity index (χ1v) is 6.68. The number of ether oxygens (including phenoxy) is 1. The highest BCUT2D eigenvalue weighted by Crippen LogP contribution is 2.29. The first-order chi connectivity index (χ1) is 9.35. The van der Waals surface area contributed by atoms with Crippen LogP contribution in [0.3, 0.4) is 0 Å². The number of para-hydroxylation sites is 1. The largest absolute Gasteiger partial charge is 0.497 e. The number of nitrogens with one attached hydrogen (secondary N) is 2. The number of nitrogens with zero attached hydrogens (tertiary/aromatic N) is 1. The lowest BCUT2D eigenvalue weighted by Gasteiger charge is -2.05. The van der Waals surface area contributed by atoms with E-state index in [0.717, 1.165) is 26.8 Å². The zero-order valence-electron chi connectivity index (χ0n) is 10.4. The van der Waals surface area contributed by atoms with Crippen LogP contribution in [0.4, 0.5) is 10.8 Å². The zero-order valence-corrected chi connectivity index (χ0v) is 11.2. The van der Waals surface area contributed by atoms with Gasteiger partial charge in [0, 0.05) is 0 Å². The van der Waals surface area contributed by atoms with Crippen LogP contribution in [0.25, 0.3) is 10.2 Å². The predicted octanol–water partition coefficient (Wildman–Crippen LogP) is 3.74. The molecule has 0 radical (unpaired) electrons. The number of aromatic nitrogens is 1. The van der Waals surface area contributed by atoms with Gasteiger partial charge in [-0.2, -0.15) is 0 Å². The van der Waals surface area contributed by atoms with Crippen molar-refractivity contribution in [2.45, 2.75) is 0 Å². The number of rotatable bonds is 4. The molecule has 3 aromatic rings. The summed E-state index contributed by atoms with van der Waals surface area (Å²) in [6, 6.07) is 15.8. The predicted molar refractivity (Wildman–Crippen MR) is 79.9 cm³/mol. The smallest absolute Gasteiger partial charge is 0.202 e. The van der Waals surface area contributed by atoms with Crippen molar-refractivity contribution in [1.82, 2.24) is 4.98 Å². The van der Waals surface area contributed by atoms with E-state index in [1.165, 1.54) is 0 Å². The molecular weight excluding hydrogens is 258 g/mol. The Morgan fingerprint density at radius 3 is 2.68 bits per heavy atom. The van der Waals surface area contributed by atoms with Crippen LogP contribution in [-0.2, 0) is 0 Å². The molecule has 0 fully saturated rings. The van der Waals surface area contributed by atoms with Crippen LogP contribution in [0.5, 0.6) is 5.75 Å². The second-order valence-electron chi connectivity index (χ2n) is 3.97. The van der Waals surface area contributed by atoms with Crippen LogP contribution in [0.1, 0.15) is 0 Å². The van der Waals surface area contributed by atoms with Crippen molar-refractivity contribution in [1.29, 1.82) is 0 Å². The molecule has 0 bridgehead atoms. The van der Waals surface area contributed by atoms with Gasteiger partial charge in [-0.3, -0.25) is 10.9 Å². The SMILES string of the molecule is COc1ccc2nc(NNc3ccccc3)sc2c1. The van der Waals surface area contributed by atoms with Gasteiger partial charge in [0.15, 0.2) is 0 Å². The molecule has 96 valence electrons. The lowest BCUT2D eigenvalue weighted by Crippen LogP contribution is -2.07. The zero-order chi connectivity index (χ0) is 13.1. The van der Waals surface area contributed by atoms with E-state index in [9.17, 15) is 0 Å². The molecular formula is C14H13N3OS. The molecule has 19 heavy (non-hydrogen) atoms. The summed E-state index contributed by atoms with van der Waals surface area (Å²) >= 11 is 1.58. The fourth-order valence-corrected chi connectivity index (χ4v) is 2.58. The Hall–Kier alpha value is -2.27. The van der Waals surface area contributed by atoms with E-state index >= 15 is 0 Å². The quantitative estimate of drug-likeness (QED) is 0.709. The van der Waals surface area contributed by atoms with Crippen molar-refractivity contribution in [3.63, 3.8) is 0 Å². The van der Waals surface area contributed by atoms with Crippen LogP contribution in [0, 0.1) is 0 Å². The third kappa shape index (κ3) is 2.61. The molecule has 4 nitrogen and oxygen atoms in total. The van der Waals surface area contributed by atoms with Crippen molar-refractivity contribution >= 4 is 32.4 Å². The first-order valence-electron chi connectivity index (χ1n) is 5.87. The van der Waals surface area contributed by atoms with Crippen LogP contribution in [-0.4, -0.2) is 12.1 Å².